The first-order chi connectivity index (χ1) is 16.9. The van der Waals surface area contributed by atoms with Gasteiger partial charge in [0, 0.05) is 16.3 Å². The van der Waals surface area contributed by atoms with E-state index in [-0.39, 0.29) is 6.03 Å². The van der Waals surface area contributed by atoms with Gasteiger partial charge < -0.3 is 9.84 Å². The number of anilines is 1. The molecule has 7 heteroatoms. The van der Waals surface area contributed by atoms with Gasteiger partial charge in [-0.05, 0) is 61.2 Å². The second kappa shape index (κ2) is 9.39. The highest BCUT2D eigenvalue weighted by Crippen LogP contribution is 2.39. The van der Waals surface area contributed by atoms with Crippen LogP contribution in [0.25, 0.3) is 17.0 Å². The molecule has 0 fully saturated rings. The van der Waals surface area contributed by atoms with E-state index in [1.165, 1.54) is 5.56 Å². The minimum Gasteiger partial charge on any atom is -0.334 e. The molecular weight excluding hydrogens is 460 g/mol. The fourth-order valence-corrected chi connectivity index (χ4v) is 4.47. The van der Waals surface area contributed by atoms with Crippen LogP contribution in [0.15, 0.2) is 83.0 Å². The second-order valence-electron chi connectivity index (χ2n) is 8.58. The van der Waals surface area contributed by atoms with Gasteiger partial charge in [-0.25, -0.2) is 4.79 Å². The molecule has 35 heavy (non-hydrogen) atoms. The number of benzene rings is 3. The lowest BCUT2D eigenvalue weighted by Crippen LogP contribution is -2.46. The third-order valence-electron chi connectivity index (χ3n) is 6.22. The molecule has 0 saturated carbocycles. The monoisotopic (exact) mass is 484 g/mol. The van der Waals surface area contributed by atoms with Gasteiger partial charge in [0.1, 0.15) is 0 Å². The van der Waals surface area contributed by atoms with Crippen molar-refractivity contribution in [3.63, 3.8) is 0 Å². The highest BCUT2D eigenvalue weighted by molar-refractivity contribution is 6.30. The van der Waals surface area contributed by atoms with Gasteiger partial charge in [0.25, 0.3) is 5.89 Å². The molecule has 176 valence electrons. The van der Waals surface area contributed by atoms with Gasteiger partial charge in [0.15, 0.2) is 0 Å². The molecule has 0 bridgehead atoms. The quantitative estimate of drug-likeness (QED) is 0.332. The molecule has 5 rings (SSSR count). The number of hydrogen-bond acceptors (Lipinski definition) is 4. The molecule has 0 saturated heterocycles. The summed E-state index contributed by atoms with van der Waals surface area (Å²) in [4.78, 5) is 19.7. The van der Waals surface area contributed by atoms with Crippen LogP contribution in [0.4, 0.5) is 10.5 Å². The molecule has 4 aromatic rings. The van der Waals surface area contributed by atoms with Crippen LogP contribution < -0.4 is 10.2 Å². The summed E-state index contributed by atoms with van der Waals surface area (Å²) >= 11 is 6.12. The standard InChI is InChI=1S/C28H25ClN4O2/c1-4-19-8-10-21(11-9-19)26-31-27(35-32-26)24-18(3)33(23-7-5-6-17(2)16-23)28(34)30-25(24)20-12-14-22(29)15-13-20/h5-16,25H,4H2,1-3H3,(H,30,34). The van der Waals surface area contributed by atoms with Crippen molar-refractivity contribution in [3.05, 3.63) is 106 Å². The number of nitrogens with zero attached hydrogens (tertiary/aromatic N) is 3. The number of carbonyl (C=O) groups is 1. The van der Waals surface area contributed by atoms with Crippen molar-refractivity contribution in [2.75, 3.05) is 4.90 Å². The zero-order chi connectivity index (χ0) is 24.5. The molecule has 6 nitrogen and oxygen atoms in total. The summed E-state index contributed by atoms with van der Waals surface area (Å²) in [5, 5.41) is 7.99. The third-order valence-corrected chi connectivity index (χ3v) is 6.48. The number of amides is 2. The van der Waals surface area contributed by atoms with E-state index in [0.29, 0.717) is 16.7 Å². The molecule has 0 radical (unpaired) electrons. The first-order valence-corrected chi connectivity index (χ1v) is 11.9. The van der Waals surface area contributed by atoms with Crippen molar-refractivity contribution < 1.29 is 9.32 Å². The highest BCUT2D eigenvalue weighted by Gasteiger charge is 2.36. The van der Waals surface area contributed by atoms with Crippen LogP contribution >= 0.6 is 11.6 Å². The minimum absolute atomic E-state index is 0.230. The number of rotatable bonds is 5. The number of urea groups is 1. The number of allylic oxidation sites excluding steroid dienone is 1. The van der Waals surface area contributed by atoms with Crippen LogP contribution in [0.5, 0.6) is 0 Å². The number of hydrogen-bond donors (Lipinski definition) is 1. The minimum atomic E-state index is -0.475. The Balaban J connectivity index is 1.63. The average Bonchev–Trinajstić information content (AvgIpc) is 3.34. The van der Waals surface area contributed by atoms with E-state index in [1.807, 2.05) is 62.4 Å². The van der Waals surface area contributed by atoms with Crippen molar-refractivity contribution in [3.8, 4) is 11.4 Å². The normalized spacial score (nSPS) is 15.9. The number of nitrogens with one attached hydrogen (secondary N) is 1. The van der Waals surface area contributed by atoms with E-state index in [9.17, 15) is 4.79 Å². The van der Waals surface area contributed by atoms with Crippen LogP contribution in [0.2, 0.25) is 5.02 Å². The van der Waals surface area contributed by atoms with E-state index in [2.05, 4.69) is 29.5 Å². The Bertz CT molecular complexity index is 1410. The van der Waals surface area contributed by atoms with Crippen molar-refractivity contribution in [2.45, 2.75) is 33.2 Å². The molecule has 1 unspecified atom stereocenters. The van der Waals surface area contributed by atoms with Crippen molar-refractivity contribution >= 4 is 28.9 Å². The Morgan fingerprint density at radius 2 is 1.77 bits per heavy atom. The predicted octanol–water partition coefficient (Wildman–Crippen LogP) is 6.96. The molecule has 1 atom stereocenters. The maximum atomic E-state index is 13.3. The number of halogens is 1. The Labute approximate surface area is 209 Å². The molecule has 0 aliphatic carbocycles. The summed E-state index contributed by atoms with van der Waals surface area (Å²) in [6, 6.07) is 22.6. The molecule has 1 N–H and O–H groups in total. The molecular formula is C28H25ClN4O2. The number of carbonyl (C=O) groups excluding carboxylic acids is 1. The molecule has 1 aliphatic heterocycles. The zero-order valence-electron chi connectivity index (χ0n) is 19.7. The van der Waals surface area contributed by atoms with E-state index in [4.69, 9.17) is 21.1 Å². The van der Waals surface area contributed by atoms with Gasteiger partial charge >= 0.3 is 6.03 Å². The predicted molar refractivity (Wildman–Crippen MR) is 138 cm³/mol. The van der Waals surface area contributed by atoms with Crippen LogP contribution in [-0.2, 0) is 6.42 Å². The molecule has 2 heterocycles. The van der Waals surface area contributed by atoms with E-state index >= 15 is 0 Å². The lowest BCUT2D eigenvalue weighted by atomic mass is 9.94. The number of aryl methyl sites for hydroxylation is 2. The summed E-state index contributed by atoms with van der Waals surface area (Å²) in [6.45, 7) is 6.01. The van der Waals surface area contributed by atoms with E-state index in [0.717, 1.165) is 40.1 Å². The summed E-state index contributed by atoms with van der Waals surface area (Å²) in [7, 11) is 0. The molecule has 3 aromatic carbocycles. The Morgan fingerprint density at radius 3 is 2.46 bits per heavy atom. The van der Waals surface area contributed by atoms with Crippen molar-refractivity contribution in [2.24, 2.45) is 0 Å². The lowest BCUT2D eigenvalue weighted by Gasteiger charge is -2.35. The van der Waals surface area contributed by atoms with Gasteiger partial charge in [0.2, 0.25) is 5.82 Å². The van der Waals surface area contributed by atoms with Crippen LogP contribution in [0.1, 0.15) is 42.5 Å². The van der Waals surface area contributed by atoms with Crippen molar-refractivity contribution in [1.82, 2.24) is 15.5 Å². The fourth-order valence-electron chi connectivity index (χ4n) is 4.34. The van der Waals surface area contributed by atoms with E-state index < -0.39 is 6.04 Å². The molecule has 1 aromatic heterocycles. The average molecular weight is 485 g/mol. The van der Waals surface area contributed by atoms with E-state index in [1.54, 1.807) is 17.0 Å². The maximum absolute atomic E-state index is 13.3. The number of aromatic nitrogens is 2. The Morgan fingerprint density at radius 1 is 1.03 bits per heavy atom. The largest absolute Gasteiger partial charge is 0.334 e. The SMILES string of the molecule is CCc1ccc(-c2noc(C3=C(C)N(c4cccc(C)c4)C(=O)NC3c3ccc(Cl)cc3)n2)cc1. The third kappa shape index (κ3) is 4.45. The molecule has 0 spiro atoms. The zero-order valence-corrected chi connectivity index (χ0v) is 20.5. The Kier molecular flexibility index (Phi) is 6.14. The lowest BCUT2D eigenvalue weighted by molar-refractivity contribution is 0.244. The highest BCUT2D eigenvalue weighted by atomic mass is 35.5. The van der Waals surface area contributed by atoms with Gasteiger partial charge in [-0.15, -0.1) is 0 Å². The van der Waals surface area contributed by atoms with Gasteiger partial charge in [-0.1, -0.05) is 72.2 Å². The first kappa shape index (κ1) is 22.9. The van der Waals surface area contributed by atoms with Gasteiger partial charge in [-0.3, -0.25) is 4.90 Å². The summed E-state index contributed by atoms with van der Waals surface area (Å²) in [6.07, 6.45) is 0.959. The first-order valence-electron chi connectivity index (χ1n) is 11.5. The molecule has 2 amide bonds. The summed E-state index contributed by atoms with van der Waals surface area (Å²) < 4.78 is 5.78. The summed E-state index contributed by atoms with van der Waals surface area (Å²) in [5.41, 5.74) is 6.25. The molecule has 1 aliphatic rings. The van der Waals surface area contributed by atoms with Crippen LogP contribution in [-0.4, -0.2) is 16.2 Å². The fraction of sp³-hybridized carbons (Fsp3) is 0.179. The van der Waals surface area contributed by atoms with Gasteiger partial charge in [0.05, 0.1) is 17.3 Å². The van der Waals surface area contributed by atoms with Crippen LogP contribution in [0.3, 0.4) is 0 Å². The van der Waals surface area contributed by atoms with Crippen molar-refractivity contribution in [1.29, 1.82) is 0 Å². The van der Waals surface area contributed by atoms with Crippen LogP contribution in [0, 0.1) is 6.92 Å². The second-order valence-corrected chi connectivity index (χ2v) is 9.02. The smallest absolute Gasteiger partial charge is 0.326 e. The maximum Gasteiger partial charge on any atom is 0.326 e. The summed E-state index contributed by atoms with van der Waals surface area (Å²) in [5.74, 6) is 0.853. The van der Waals surface area contributed by atoms with Gasteiger partial charge in [-0.2, -0.15) is 4.98 Å². The topological polar surface area (TPSA) is 71.3 Å². The Hall–Kier alpha value is -3.90.